The molecule has 0 saturated carbocycles. The van der Waals surface area contributed by atoms with Gasteiger partial charge in [-0.1, -0.05) is 0 Å². The van der Waals surface area contributed by atoms with Crippen LogP contribution in [-0.4, -0.2) is 17.5 Å². The van der Waals surface area contributed by atoms with Crippen LogP contribution in [-0.2, 0) is 31.9 Å². The Bertz CT molecular complexity index is 177. The summed E-state index contributed by atoms with van der Waals surface area (Å²) >= 11 is -0.426. The molecule has 0 spiro atoms. The van der Waals surface area contributed by atoms with Crippen molar-refractivity contribution in [1.82, 2.24) is 0 Å². The Morgan fingerprint density at radius 3 is 1.77 bits per heavy atom. The van der Waals surface area contributed by atoms with E-state index in [0.29, 0.717) is 0 Å². The molecule has 0 N–H and O–H groups in total. The maximum atomic E-state index is 12.7. The van der Waals surface area contributed by atoms with Gasteiger partial charge in [-0.05, 0) is 0 Å². The van der Waals surface area contributed by atoms with Crippen LogP contribution in [0.3, 0.4) is 0 Å². The maximum Gasteiger partial charge on any atom is -1.00 e. The fourth-order valence-electron chi connectivity index (χ4n) is 0.566. The van der Waals surface area contributed by atoms with E-state index in [2.05, 4.69) is 9.05 Å². The summed E-state index contributed by atoms with van der Waals surface area (Å²) in [4.78, 5) is 0. The van der Waals surface area contributed by atoms with E-state index in [0.717, 1.165) is 0 Å². The van der Waals surface area contributed by atoms with Gasteiger partial charge in [0.1, 0.15) is 0 Å². The summed E-state index contributed by atoms with van der Waals surface area (Å²) in [6.45, 7) is 2.93. The predicted octanol–water partition coefficient (Wildman–Crippen LogP) is -0.646. The molecule has 0 aromatic carbocycles. The molecule has 0 aromatic heterocycles. The predicted molar refractivity (Wildman–Crippen MR) is 35.8 cm³/mol. The average molecular weight is 332 g/mol. The summed E-state index contributed by atoms with van der Waals surface area (Å²) in [5.41, 5.74) is 0. The standard InChI is InChI=1S/C5H10F2O3P.BrH.Zn/c1-3-9-11(8,5(6)7)10-4-2;;/h3-4H2,1-2H3;1H;/q;;+1/p-1. The largest absolute Gasteiger partial charge is 1.00 e. The fraction of sp³-hybridized carbons (Fsp3) is 1.00. The minimum Gasteiger partial charge on any atom is -1.00 e. The second-order valence-electron chi connectivity index (χ2n) is 2.00. The Kier molecular flexibility index (Phi) is 8.36. The van der Waals surface area contributed by atoms with Gasteiger partial charge in [-0.15, -0.1) is 0 Å². The molecule has 8 heteroatoms. The molecule has 0 aromatic rings. The van der Waals surface area contributed by atoms with Gasteiger partial charge in [-0.25, -0.2) is 0 Å². The molecule has 0 bridgehead atoms. The van der Waals surface area contributed by atoms with E-state index in [4.69, 9.17) is 0 Å². The van der Waals surface area contributed by atoms with Crippen molar-refractivity contribution in [2.45, 2.75) is 18.1 Å². The molecular formula is C5H10BrF2O3PZn. The average Bonchev–Trinajstić information content (AvgIpc) is 1.86. The van der Waals surface area contributed by atoms with E-state index in [1.807, 2.05) is 0 Å². The number of rotatable bonds is 5. The van der Waals surface area contributed by atoms with E-state index in [1.54, 1.807) is 0 Å². The van der Waals surface area contributed by atoms with Crippen molar-refractivity contribution in [3.05, 3.63) is 0 Å². The normalized spacial score (nSPS) is 12.5. The topological polar surface area (TPSA) is 35.5 Å². The Hall–Kier alpha value is 1.11. The minimum absolute atomic E-state index is 0. The summed E-state index contributed by atoms with van der Waals surface area (Å²) < 4.78 is 42.2. The Labute approximate surface area is 96.5 Å². The monoisotopic (exact) mass is 330 g/mol. The van der Waals surface area contributed by atoms with Gasteiger partial charge in [0.05, 0.1) is 0 Å². The van der Waals surface area contributed by atoms with E-state index in [-0.39, 0.29) is 30.2 Å². The van der Waals surface area contributed by atoms with Gasteiger partial charge in [-0.3, -0.25) is 0 Å². The molecule has 3 nitrogen and oxygen atoms in total. The third kappa shape index (κ3) is 4.94. The van der Waals surface area contributed by atoms with E-state index in [9.17, 15) is 13.3 Å². The Morgan fingerprint density at radius 2 is 1.62 bits per heavy atom. The third-order valence-corrected chi connectivity index (χ3v) is 5.43. The number of alkyl halides is 2. The number of hydrogen-bond acceptors (Lipinski definition) is 3. The van der Waals surface area contributed by atoms with Gasteiger partial charge in [0, 0.05) is 0 Å². The van der Waals surface area contributed by atoms with Gasteiger partial charge in [0.2, 0.25) is 0 Å². The molecule has 0 rings (SSSR count). The Balaban J connectivity index is 0. The van der Waals surface area contributed by atoms with Crippen LogP contribution in [0.25, 0.3) is 0 Å². The smallest absolute Gasteiger partial charge is 1.00 e. The molecule has 76 valence electrons. The van der Waals surface area contributed by atoms with Crippen LogP contribution < -0.4 is 17.0 Å². The van der Waals surface area contributed by atoms with Crippen molar-refractivity contribution in [3.8, 4) is 0 Å². The van der Waals surface area contributed by atoms with Crippen molar-refractivity contribution >= 4 is 7.60 Å². The molecule has 13 heavy (non-hydrogen) atoms. The first kappa shape index (κ1) is 16.5. The molecule has 0 aliphatic carbocycles. The SMILES string of the molecule is CCOP(=O)(OCC)[C](F)(F)[Zn+].[Br-]. The van der Waals surface area contributed by atoms with Crippen LogP contribution in [0.2, 0.25) is 0 Å². The second kappa shape index (κ2) is 6.57. The second-order valence-corrected chi connectivity index (χ2v) is 7.28. The van der Waals surface area contributed by atoms with Crippen LogP contribution in [0.5, 0.6) is 0 Å². The summed E-state index contributed by atoms with van der Waals surface area (Å²) in [5, 5.41) is 0. The van der Waals surface area contributed by atoms with Crippen molar-refractivity contribution < 1.29 is 57.7 Å². The number of halogens is 3. The quantitative estimate of drug-likeness (QED) is 0.496. The van der Waals surface area contributed by atoms with Crippen molar-refractivity contribution in [2.24, 2.45) is 0 Å². The van der Waals surface area contributed by atoms with E-state index >= 15 is 0 Å². The Morgan fingerprint density at radius 1 is 1.31 bits per heavy atom. The van der Waals surface area contributed by atoms with Gasteiger partial charge in [-0.2, -0.15) is 0 Å². The van der Waals surface area contributed by atoms with E-state index < -0.39 is 30.2 Å². The molecule has 0 unspecified atom stereocenters. The molecule has 0 atom stereocenters. The van der Waals surface area contributed by atoms with Crippen molar-refractivity contribution in [2.75, 3.05) is 13.2 Å². The summed E-state index contributed by atoms with van der Waals surface area (Å²) in [7, 11) is -4.18. The van der Waals surface area contributed by atoms with Crippen LogP contribution in [0.1, 0.15) is 13.8 Å². The van der Waals surface area contributed by atoms with Gasteiger partial charge < -0.3 is 17.0 Å². The fourth-order valence-corrected chi connectivity index (χ4v) is 2.85. The van der Waals surface area contributed by atoms with Gasteiger partial charge in [0.25, 0.3) is 0 Å². The molecule has 0 saturated heterocycles. The molecule has 0 radical (unpaired) electrons. The number of hydrogen-bond donors (Lipinski definition) is 0. The first-order valence-corrected chi connectivity index (χ1v) is 6.52. The van der Waals surface area contributed by atoms with Crippen LogP contribution in [0.15, 0.2) is 0 Å². The zero-order chi connectivity index (χ0) is 9.83. The van der Waals surface area contributed by atoms with Crippen LogP contribution >= 0.6 is 7.60 Å². The van der Waals surface area contributed by atoms with Crippen LogP contribution in [0.4, 0.5) is 8.78 Å². The van der Waals surface area contributed by atoms with Crippen LogP contribution in [0, 0.1) is 0 Å². The maximum absolute atomic E-state index is 12.7. The van der Waals surface area contributed by atoms with E-state index in [1.165, 1.54) is 13.8 Å². The molecule has 0 fully saturated rings. The van der Waals surface area contributed by atoms with Crippen molar-refractivity contribution in [3.63, 3.8) is 0 Å². The van der Waals surface area contributed by atoms with Gasteiger partial charge >= 0.3 is 79.6 Å². The van der Waals surface area contributed by atoms with Gasteiger partial charge in [0.15, 0.2) is 0 Å². The molecular weight excluding hydrogens is 322 g/mol. The molecule has 0 heterocycles. The zero-order valence-corrected chi connectivity index (χ0v) is 12.9. The molecule has 0 aliphatic rings. The summed E-state index contributed by atoms with van der Waals surface area (Å²) in [6.07, 6.45) is 0. The third-order valence-electron chi connectivity index (χ3n) is 0.999. The molecule has 0 aliphatic heterocycles. The summed E-state index contributed by atoms with van der Waals surface area (Å²) in [6, 6.07) is 0. The first-order chi connectivity index (χ1) is 5.37. The minimum atomic E-state index is -4.18. The zero-order valence-electron chi connectivity index (χ0n) is 7.43. The van der Waals surface area contributed by atoms with Crippen molar-refractivity contribution in [1.29, 1.82) is 0 Å². The summed E-state index contributed by atoms with van der Waals surface area (Å²) in [5.74, 6) is 0. The molecule has 0 amide bonds. The first-order valence-electron chi connectivity index (χ1n) is 3.49.